The van der Waals surface area contributed by atoms with E-state index in [0.29, 0.717) is 5.92 Å². The molecule has 1 radical (unpaired) electrons. The summed E-state index contributed by atoms with van der Waals surface area (Å²) >= 11 is 17.4. The molecule has 12 heavy (non-hydrogen) atoms. The van der Waals surface area contributed by atoms with E-state index in [2.05, 4.69) is 6.92 Å². The summed E-state index contributed by atoms with van der Waals surface area (Å²) in [5.74, 6) is 0.453. The summed E-state index contributed by atoms with van der Waals surface area (Å²) in [6.07, 6.45) is 6.18. The van der Waals surface area contributed by atoms with Crippen LogP contribution in [-0.2, 0) is 0 Å². The lowest BCUT2D eigenvalue weighted by Gasteiger charge is -2.31. The molecule has 0 spiro atoms. The molecular formula is C9H14Cl3. The Hall–Kier alpha value is 0.870. The quantitative estimate of drug-likeness (QED) is 0.584. The minimum absolute atomic E-state index is 0.0530. The van der Waals surface area contributed by atoms with Crippen molar-refractivity contribution < 1.29 is 0 Å². The summed E-state index contributed by atoms with van der Waals surface area (Å²) in [6.45, 7) is 3.94. The summed E-state index contributed by atoms with van der Waals surface area (Å²) in [4.78, 5) is 0. The Morgan fingerprint density at radius 1 is 1.08 bits per heavy atom. The van der Waals surface area contributed by atoms with E-state index in [1.807, 2.05) is 0 Å². The van der Waals surface area contributed by atoms with Gasteiger partial charge in [-0.25, -0.2) is 0 Å². The zero-order chi connectivity index (χ0) is 9.19. The Labute approximate surface area is 89.6 Å². The molecule has 0 aliphatic heterocycles. The summed E-state index contributed by atoms with van der Waals surface area (Å²) in [5.41, 5.74) is 0. The van der Waals surface area contributed by atoms with Gasteiger partial charge in [0.05, 0.1) is 0 Å². The maximum Gasteiger partial charge on any atom is 0.193 e. The highest BCUT2D eigenvalue weighted by atomic mass is 35.6. The third-order valence-electron chi connectivity index (χ3n) is 2.64. The van der Waals surface area contributed by atoms with Gasteiger partial charge in [0, 0.05) is 5.92 Å². The first-order chi connectivity index (χ1) is 5.52. The topological polar surface area (TPSA) is 0 Å². The summed E-state index contributed by atoms with van der Waals surface area (Å²) in [7, 11) is 0. The first kappa shape index (κ1) is 10.9. The van der Waals surface area contributed by atoms with Crippen molar-refractivity contribution in [2.24, 2.45) is 11.8 Å². The molecule has 0 aromatic heterocycles. The highest BCUT2D eigenvalue weighted by Crippen LogP contribution is 2.43. The summed E-state index contributed by atoms with van der Waals surface area (Å²) < 4.78 is -1.18. The summed E-state index contributed by atoms with van der Waals surface area (Å²) in [5, 5.41) is 0. The van der Waals surface area contributed by atoms with Gasteiger partial charge in [0.25, 0.3) is 0 Å². The van der Waals surface area contributed by atoms with Gasteiger partial charge < -0.3 is 0 Å². The second kappa shape index (κ2) is 4.39. The van der Waals surface area contributed by atoms with Gasteiger partial charge in [0.1, 0.15) is 0 Å². The first-order valence-electron chi connectivity index (χ1n) is 4.41. The van der Waals surface area contributed by atoms with Gasteiger partial charge in [-0.3, -0.25) is 0 Å². The van der Waals surface area contributed by atoms with Crippen molar-refractivity contribution in [2.45, 2.75) is 35.9 Å². The lowest BCUT2D eigenvalue weighted by Crippen LogP contribution is -2.26. The van der Waals surface area contributed by atoms with Gasteiger partial charge in [-0.05, 0) is 12.8 Å². The summed E-state index contributed by atoms with van der Waals surface area (Å²) in [6, 6.07) is 0. The Bertz CT molecular complexity index is 133. The predicted octanol–water partition coefficient (Wildman–Crippen LogP) is 4.39. The molecule has 1 saturated carbocycles. The average Bonchev–Trinajstić information content (AvgIpc) is 2.03. The molecule has 1 rings (SSSR count). The van der Waals surface area contributed by atoms with Crippen LogP contribution in [-0.4, -0.2) is 3.79 Å². The van der Waals surface area contributed by atoms with Crippen LogP contribution in [0, 0.1) is 18.8 Å². The van der Waals surface area contributed by atoms with Gasteiger partial charge in [-0.15, -0.1) is 0 Å². The van der Waals surface area contributed by atoms with Gasteiger partial charge in [0.15, 0.2) is 3.79 Å². The predicted molar refractivity (Wildman–Crippen MR) is 55.7 cm³/mol. The molecule has 0 N–H and O–H groups in total. The fourth-order valence-corrected chi connectivity index (χ4v) is 2.34. The van der Waals surface area contributed by atoms with Crippen molar-refractivity contribution in [2.75, 3.05) is 0 Å². The zero-order valence-corrected chi connectivity index (χ0v) is 9.30. The molecule has 1 unspecified atom stereocenters. The Balaban J connectivity index is 2.45. The highest BCUT2D eigenvalue weighted by molar-refractivity contribution is 6.67. The number of hydrogen-bond donors (Lipinski definition) is 0. The Kier molecular flexibility index (Phi) is 4.01. The number of hydrogen-bond acceptors (Lipinski definition) is 0. The molecule has 1 atom stereocenters. The fourth-order valence-electron chi connectivity index (χ4n) is 1.80. The van der Waals surface area contributed by atoms with Crippen LogP contribution >= 0.6 is 34.8 Å². The monoisotopic (exact) mass is 227 g/mol. The highest BCUT2D eigenvalue weighted by Gasteiger charge is 2.35. The number of halogens is 3. The van der Waals surface area contributed by atoms with E-state index in [9.17, 15) is 0 Å². The van der Waals surface area contributed by atoms with Crippen molar-refractivity contribution in [3.05, 3.63) is 6.92 Å². The van der Waals surface area contributed by atoms with E-state index in [-0.39, 0.29) is 5.92 Å². The van der Waals surface area contributed by atoms with Crippen LogP contribution in [0.1, 0.15) is 32.1 Å². The van der Waals surface area contributed by atoms with Crippen LogP contribution in [0.3, 0.4) is 0 Å². The maximum absolute atomic E-state index is 5.79. The van der Waals surface area contributed by atoms with E-state index < -0.39 is 3.79 Å². The number of rotatable bonds is 1. The lowest BCUT2D eigenvalue weighted by atomic mass is 9.81. The largest absolute Gasteiger partial charge is 0.193 e. The SMILES string of the molecule is [CH2]C(C1CCCCC1)C(Cl)(Cl)Cl. The first-order valence-corrected chi connectivity index (χ1v) is 5.55. The Morgan fingerprint density at radius 2 is 1.58 bits per heavy atom. The van der Waals surface area contributed by atoms with Crippen molar-refractivity contribution in [1.82, 2.24) is 0 Å². The minimum Gasteiger partial charge on any atom is -0.0834 e. The molecular weight excluding hydrogens is 214 g/mol. The third kappa shape index (κ3) is 2.97. The normalized spacial score (nSPS) is 24.0. The molecule has 0 nitrogen and oxygen atoms in total. The van der Waals surface area contributed by atoms with Crippen LogP contribution in [0.25, 0.3) is 0 Å². The second-order valence-corrected chi connectivity index (χ2v) is 5.92. The molecule has 0 bridgehead atoms. The van der Waals surface area contributed by atoms with Crippen LogP contribution < -0.4 is 0 Å². The standard InChI is InChI=1S/C9H14Cl3/c1-7(9(10,11)12)8-5-3-2-4-6-8/h7-8H,1-6H2. The third-order valence-corrected chi connectivity index (χ3v) is 3.48. The van der Waals surface area contributed by atoms with E-state index >= 15 is 0 Å². The van der Waals surface area contributed by atoms with Crippen molar-refractivity contribution in [3.8, 4) is 0 Å². The molecule has 1 aliphatic rings. The molecule has 0 heterocycles. The smallest absolute Gasteiger partial charge is 0.0834 e. The molecule has 0 amide bonds. The van der Waals surface area contributed by atoms with Crippen LogP contribution in [0.15, 0.2) is 0 Å². The van der Waals surface area contributed by atoms with E-state index in [4.69, 9.17) is 34.8 Å². The van der Waals surface area contributed by atoms with Crippen molar-refractivity contribution in [3.63, 3.8) is 0 Å². The molecule has 0 aromatic rings. The van der Waals surface area contributed by atoms with Gasteiger partial charge in [-0.1, -0.05) is 66.9 Å². The molecule has 1 aliphatic carbocycles. The van der Waals surface area contributed by atoms with Crippen LogP contribution in [0.5, 0.6) is 0 Å². The lowest BCUT2D eigenvalue weighted by molar-refractivity contribution is 0.286. The van der Waals surface area contributed by atoms with Gasteiger partial charge in [0.2, 0.25) is 0 Å². The van der Waals surface area contributed by atoms with Crippen molar-refractivity contribution >= 4 is 34.8 Å². The molecule has 1 fully saturated rings. The van der Waals surface area contributed by atoms with E-state index in [1.54, 1.807) is 0 Å². The molecule has 71 valence electrons. The van der Waals surface area contributed by atoms with Gasteiger partial charge in [-0.2, -0.15) is 0 Å². The maximum atomic E-state index is 5.79. The zero-order valence-electron chi connectivity index (χ0n) is 7.03. The number of alkyl halides is 3. The Morgan fingerprint density at radius 3 is 2.00 bits per heavy atom. The van der Waals surface area contributed by atoms with Crippen LogP contribution in [0.2, 0.25) is 0 Å². The van der Waals surface area contributed by atoms with Gasteiger partial charge >= 0.3 is 0 Å². The second-order valence-electron chi connectivity index (χ2n) is 3.55. The van der Waals surface area contributed by atoms with Crippen LogP contribution in [0.4, 0.5) is 0 Å². The average molecular weight is 229 g/mol. The van der Waals surface area contributed by atoms with E-state index in [1.165, 1.54) is 32.1 Å². The molecule has 0 saturated heterocycles. The van der Waals surface area contributed by atoms with E-state index in [0.717, 1.165) is 0 Å². The fraction of sp³-hybridized carbons (Fsp3) is 0.889. The minimum atomic E-state index is -1.18. The van der Waals surface area contributed by atoms with Crippen molar-refractivity contribution in [1.29, 1.82) is 0 Å². The molecule has 0 aromatic carbocycles. The molecule has 3 heteroatoms.